The SMILES string of the molecule is Br.Nc1nnc(-c2cccs2)n1-c1ccccc1C(F)(F)F. The summed E-state index contributed by atoms with van der Waals surface area (Å²) in [6.07, 6.45) is -4.49. The number of thiophene rings is 1. The minimum Gasteiger partial charge on any atom is -0.368 e. The fourth-order valence-electron chi connectivity index (χ4n) is 2.01. The van der Waals surface area contributed by atoms with Crippen molar-refractivity contribution in [2.75, 3.05) is 5.73 Å². The molecule has 0 bridgehead atoms. The zero-order valence-electron chi connectivity index (χ0n) is 10.9. The Balaban J connectivity index is 0.00000176. The van der Waals surface area contributed by atoms with Gasteiger partial charge in [0.25, 0.3) is 0 Å². The molecular weight excluding hydrogens is 381 g/mol. The van der Waals surface area contributed by atoms with Crippen molar-refractivity contribution in [3.8, 4) is 16.4 Å². The number of nitrogens with zero attached hydrogens (tertiary/aromatic N) is 3. The second-order valence-corrected chi connectivity index (χ2v) is 5.16. The second kappa shape index (κ2) is 6.09. The van der Waals surface area contributed by atoms with Crippen LogP contribution in [0.5, 0.6) is 0 Å². The number of alkyl halides is 3. The molecule has 0 radical (unpaired) electrons. The van der Waals surface area contributed by atoms with E-state index in [1.807, 2.05) is 0 Å². The lowest BCUT2D eigenvalue weighted by Gasteiger charge is -2.15. The van der Waals surface area contributed by atoms with Gasteiger partial charge in [-0.25, -0.2) is 0 Å². The molecule has 0 saturated carbocycles. The van der Waals surface area contributed by atoms with Crippen LogP contribution in [-0.4, -0.2) is 14.8 Å². The average Bonchev–Trinajstić information content (AvgIpc) is 3.06. The summed E-state index contributed by atoms with van der Waals surface area (Å²) in [4.78, 5) is 0.691. The van der Waals surface area contributed by atoms with Crippen LogP contribution < -0.4 is 5.73 Å². The first-order valence-corrected chi connectivity index (χ1v) is 6.78. The maximum atomic E-state index is 13.2. The van der Waals surface area contributed by atoms with E-state index >= 15 is 0 Å². The lowest BCUT2D eigenvalue weighted by molar-refractivity contribution is -0.137. The molecule has 0 atom stereocenters. The third-order valence-corrected chi connectivity index (χ3v) is 3.75. The topological polar surface area (TPSA) is 56.7 Å². The van der Waals surface area contributed by atoms with E-state index in [1.165, 1.54) is 34.1 Å². The summed E-state index contributed by atoms with van der Waals surface area (Å²) < 4.78 is 40.7. The van der Waals surface area contributed by atoms with E-state index in [0.717, 1.165) is 6.07 Å². The first-order valence-electron chi connectivity index (χ1n) is 5.90. The van der Waals surface area contributed by atoms with Crippen LogP contribution in [0, 0.1) is 0 Å². The van der Waals surface area contributed by atoms with Crippen LogP contribution in [0.2, 0.25) is 0 Å². The molecule has 22 heavy (non-hydrogen) atoms. The number of benzene rings is 1. The molecule has 2 N–H and O–H groups in total. The Bertz CT molecular complexity index is 768. The maximum absolute atomic E-state index is 13.2. The molecule has 3 aromatic rings. The van der Waals surface area contributed by atoms with Crippen molar-refractivity contribution in [1.29, 1.82) is 0 Å². The molecule has 1 aromatic carbocycles. The minimum atomic E-state index is -4.49. The summed E-state index contributed by atoms with van der Waals surface area (Å²) in [5.74, 6) is 0.203. The number of aromatic nitrogens is 3. The number of hydrogen-bond acceptors (Lipinski definition) is 4. The van der Waals surface area contributed by atoms with Crippen LogP contribution in [0.1, 0.15) is 5.56 Å². The van der Waals surface area contributed by atoms with E-state index in [4.69, 9.17) is 5.73 Å². The molecule has 0 aliphatic heterocycles. The minimum absolute atomic E-state index is 0. The van der Waals surface area contributed by atoms with E-state index in [1.54, 1.807) is 17.5 Å². The third-order valence-electron chi connectivity index (χ3n) is 2.88. The van der Waals surface area contributed by atoms with Crippen LogP contribution in [0.25, 0.3) is 16.4 Å². The Labute approximate surface area is 138 Å². The fraction of sp³-hybridized carbons (Fsp3) is 0.0769. The van der Waals surface area contributed by atoms with Crippen molar-refractivity contribution in [2.24, 2.45) is 0 Å². The van der Waals surface area contributed by atoms with Crippen LogP contribution in [0.15, 0.2) is 41.8 Å². The maximum Gasteiger partial charge on any atom is 0.418 e. The number of rotatable bonds is 2. The molecule has 4 nitrogen and oxygen atoms in total. The normalized spacial score (nSPS) is 11.2. The highest BCUT2D eigenvalue weighted by atomic mass is 79.9. The van der Waals surface area contributed by atoms with Gasteiger partial charge in [0, 0.05) is 0 Å². The van der Waals surface area contributed by atoms with Gasteiger partial charge in [-0.1, -0.05) is 18.2 Å². The van der Waals surface area contributed by atoms with Gasteiger partial charge in [0.15, 0.2) is 5.82 Å². The lowest BCUT2D eigenvalue weighted by Crippen LogP contribution is -2.12. The predicted molar refractivity (Wildman–Crippen MR) is 84.4 cm³/mol. The van der Waals surface area contributed by atoms with E-state index in [9.17, 15) is 13.2 Å². The Morgan fingerprint density at radius 2 is 1.77 bits per heavy atom. The highest BCUT2D eigenvalue weighted by Crippen LogP contribution is 2.36. The lowest BCUT2D eigenvalue weighted by atomic mass is 10.1. The molecule has 0 unspecified atom stereocenters. The molecule has 0 aliphatic carbocycles. The summed E-state index contributed by atoms with van der Waals surface area (Å²) in [6.45, 7) is 0. The quantitative estimate of drug-likeness (QED) is 0.713. The second-order valence-electron chi connectivity index (χ2n) is 4.21. The van der Waals surface area contributed by atoms with Crippen molar-refractivity contribution in [2.45, 2.75) is 6.18 Å². The Kier molecular flexibility index (Phi) is 4.57. The van der Waals surface area contributed by atoms with Crippen molar-refractivity contribution >= 4 is 34.3 Å². The number of para-hydroxylation sites is 1. The van der Waals surface area contributed by atoms with Gasteiger partial charge in [-0.2, -0.15) is 13.2 Å². The monoisotopic (exact) mass is 390 g/mol. The first-order chi connectivity index (χ1) is 9.98. The summed E-state index contributed by atoms with van der Waals surface area (Å²) in [7, 11) is 0. The smallest absolute Gasteiger partial charge is 0.368 e. The van der Waals surface area contributed by atoms with Crippen LogP contribution in [0.4, 0.5) is 19.1 Å². The van der Waals surface area contributed by atoms with Crippen LogP contribution in [-0.2, 0) is 6.18 Å². The molecule has 116 valence electrons. The Hall–Kier alpha value is -1.87. The van der Waals surface area contributed by atoms with Gasteiger partial charge in [-0.15, -0.1) is 38.5 Å². The molecule has 3 rings (SSSR count). The van der Waals surface area contributed by atoms with Crippen molar-refractivity contribution in [3.05, 3.63) is 47.3 Å². The molecular formula is C13H10BrF3N4S. The molecule has 0 aliphatic rings. The van der Waals surface area contributed by atoms with E-state index < -0.39 is 11.7 Å². The molecule has 0 fully saturated rings. The summed E-state index contributed by atoms with van der Waals surface area (Å²) in [6, 6.07) is 8.73. The number of nitrogens with two attached hydrogens (primary N) is 1. The van der Waals surface area contributed by atoms with Gasteiger partial charge in [0.2, 0.25) is 5.95 Å². The molecule has 2 aromatic heterocycles. The van der Waals surface area contributed by atoms with Gasteiger partial charge in [0.05, 0.1) is 16.1 Å². The van der Waals surface area contributed by atoms with E-state index in [-0.39, 0.29) is 28.6 Å². The zero-order valence-corrected chi connectivity index (χ0v) is 13.4. The Morgan fingerprint density at radius 3 is 2.41 bits per heavy atom. The highest BCUT2D eigenvalue weighted by molar-refractivity contribution is 8.93. The van der Waals surface area contributed by atoms with Gasteiger partial charge < -0.3 is 5.73 Å². The standard InChI is InChI=1S/C13H9F3N4S.BrH/c14-13(15,16)8-4-1-2-5-9(8)20-11(18-19-12(20)17)10-6-3-7-21-10;/h1-7H,(H2,17,19);1H. The van der Waals surface area contributed by atoms with Crippen molar-refractivity contribution in [3.63, 3.8) is 0 Å². The zero-order chi connectivity index (χ0) is 15.0. The van der Waals surface area contributed by atoms with Gasteiger partial charge >= 0.3 is 6.18 Å². The molecule has 0 saturated heterocycles. The van der Waals surface area contributed by atoms with Crippen LogP contribution in [0.3, 0.4) is 0 Å². The van der Waals surface area contributed by atoms with Gasteiger partial charge in [-0.05, 0) is 23.6 Å². The van der Waals surface area contributed by atoms with Crippen LogP contribution >= 0.6 is 28.3 Å². The molecule has 2 heterocycles. The predicted octanol–water partition coefficient (Wildman–Crippen LogP) is 4.17. The Morgan fingerprint density at radius 1 is 1.05 bits per heavy atom. The van der Waals surface area contributed by atoms with Gasteiger partial charge in [-0.3, -0.25) is 4.57 Å². The summed E-state index contributed by atoms with van der Waals surface area (Å²) in [5, 5.41) is 9.40. The summed E-state index contributed by atoms with van der Waals surface area (Å²) in [5.41, 5.74) is 4.85. The molecule has 0 amide bonds. The van der Waals surface area contributed by atoms with Crippen molar-refractivity contribution in [1.82, 2.24) is 14.8 Å². The number of anilines is 1. The average molecular weight is 391 g/mol. The molecule has 0 spiro atoms. The molecule has 9 heteroatoms. The largest absolute Gasteiger partial charge is 0.418 e. The van der Waals surface area contributed by atoms with E-state index in [2.05, 4.69) is 10.2 Å². The number of nitrogen functional groups attached to an aromatic ring is 1. The fourth-order valence-corrected chi connectivity index (χ4v) is 2.71. The van der Waals surface area contributed by atoms with E-state index in [0.29, 0.717) is 10.7 Å². The van der Waals surface area contributed by atoms with Gasteiger partial charge in [0.1, 0.15) is 0 Å². The highest BCUT2D eigenvalue weighted by Gasteiger charge is 2.34. The third kappa shape index (κ3) is 2.86. The first kappa shape index (κ1) is 16.5. The summed E-state index contributed by atoms with van der Waals surface area (Å²) >= 11 is 1.35. The number of hydrogen-bond donors (Lipinski definition) is 1. The number of halogens is 4. The van der Waals surface area contributed by atoms with Crippen molar-refractivity contribution < 1.29 is 13.2 Å².